The Kier molecular flexibility index (Phi) is 6.08. The third kappa shape index (κ3) is 5.34. The van der Waals surface area contributed by atoms with Crippen molar-refractivity contribution in [3.05, 3.63) is 35.9 Å². The number of unbranched alkanes of at least 4 members (excludes halogenated alkanes) is 3. The maximum atomic E-state index is 11.5. The molecule has 0 aliphatic rings. The molecule has 0 unspecified atom stereocenters. The highest BCUT2D eigenvalue weighted by Gasteiger charge is 1.98. The van der Waals surface area contributed by atoms with Crippen LogP contribution in [0.3, 0.4) is 0 Å². The molecule has 0 radical (unpaired) electrons. The highest BCUT2D eigenvalue weighted by atomic mass is 16.3. The molecule has 0 saturated heterocycles. The Morgan fingerprint density at radius 1 is 1.24 bits per heavy atom. The number of rotatable bonds is 7. The van der Waals surface area contributed by atoms with Gasteiger partial charge in [0.1, 0.15) is 5.75 Å². The SMILES string of the molecule is CCCCCCC(=O)/C=C\c1ccccc1O. The molecule has 92 valence electrons. The number of benzene rings is 1. The van der Waals surface area contributed by atoms with Crippen molar-refractivity contribution in [1.82, 2.24) is 0 Å². The summed E-state index contributed by atoms with van der Waals surface area (Å²) in [5.41, 5.74) is 0.689. The molecular weight excluding hydrogens is 212 g/mol. The molecule has 1 aromatic carbocycles. The molecule has 1 aromatic rings. The summed E-state index contributed by atoms with van der Waals surface area (Å²) in [4.78, 5) is 11.5. The van der Waals surface area contributed by atoms with Crippen LogP contribution in [-0.2, 0) is 4.79 Å². The van der Waals surface area contributed by atoms with Crippen LogP contribution in [0.25, 0.3) is 6.08 Å². The second-order valence-corrected chi connectivity index (χ2v) is 4.17. The van der Waals surface area contributed by atoms with Crippen LogP contribution in [-0.4, -0.2) is 10.9 Å². The highest BCUT2D eigenvalue weighted by molar-refractivity contribution is 5.93. The Bertz CT molecular complexity index is 380. The number of allylic oxidation sites excluding steroid dienone is 1. The monoisotopic (exact) mass is 232 g/mol. The first-order valence-electron chi connectivity index (χ1n) is 6.23. The number of ketones is 1. The molecule has 0 fully saturated rings. The van der Waals surface area contributed by atoms with Gasteiger partial charge in [-0.3, -0.25) is 4.79 Å². The van der Waals surface area contributed by atoms with Crippen LogP contribution in [0.4, 0.5) is 0 Å². The number of aromatic hydroxyl groups is 1. The molecule has 2 heteroatoms. The molecule has 1 N–H and O–H groups in total. The summed E-state index contributed by atoms with van der Waals surface area (Å²) in [6, 6.07) is 7.01. The van der Waals surface area contributed by atoms with Gasteiger partial charge in [-0.05, 0) is 24.6 Å². The molecule has 0 saturated carbocycles. The zero-order valence-corrected chi connectivity index (χ0v) is 10.4. The minimum absolute atomic E-state index is 0.129. The number of para-hydroxylation sites is 1. The Hall–Kier alpha value is -1.57. The van der Waals surface area contributed by atoms with Gasteiger partial charge in [-0.25, -0.2) is 0 Å². The van der Waals surface area contributed by atoms with Crippen molar-refractivity contribution >= 4 is 11.9 Å². The van der Waals surface area contributed by atoms with E-state index in [-0.39, 0.29) is 11.5 Å². The van der Waals surface area contributed by atoms with E-state index in [1.165, 1.54) is 12.8 Å². The highest BCUT2D eigenvalue weighted by Crippen LogP contribution is 2.17. The summed E-state index contributed by atoms with van der Waals surface area (Å²) in [6.07, 6.45) is 8.28. The summed E-state index contributed by atoms with van der Waals surface area (Å²) >= 11 is 0. The average molecular weight is 232 g/mol. The van der Waals surface area contributed by atoms with Crippen molar-refractivity contribution in [1.29, 1.82) is 0 Å². The summed E-state index contributed by atoms with van der Waals surface area (Å²) in [5, 5.41) is 9.51. The van der Waals surface area contributed by atoms with E-state index < -0.39 is 0 Å². The van der Waals surface area contributed by atoms with Gasteiger partial charge in [0, 0.05) is 12.0 Å². The van der Waals surface area contributed by atoms with Crippen molar-refractivity contribution in [2.24, 2.45) is 0 Å². The molecule has 0 spiro atoms. The van der Waals surface area contributed by atoms with Crippen LogP contribution in [0, 0.1) is 0 Å². The lowest BCUT2D eigenvalue weighted by molar-refractivity contribution is -0.114. The predicted molar refractivity (Wildman–Crippen MR) is 70.9 cm³/mol. The van der Waals surface area contributed by atoms with Gasteiger partial charge in [0.05, 0.1) is 0 Å². The van der Waals surface area contributed by atoms with Crippen molar-refractivity contribution in [2.45, 2.75) is 39.0 Å². The van der Waals surface area contributed by atoms with E-state index >= 15 is 0 Å². The first-order chi connectivity index (χ1) is 8.24. The van der Waals surface area contributed by atoms with E-state index in [9.17, 15) is 9.90 Å². The molecule has 2 nitrogen and oxygen atoms in total. The molecule has 1 rings (SSSR count). The van der Waals surface area contributed by atoms with Crippen LogP contribution < -0.4 is 0 Å². The fraction of sp³-hybridized carbons (Fsp3) is 0.400. The smallest absolute Gasteiger partial charge is 0.155 e. The number of phenolic OH excluding ortho intramolecular Hbond substituents is 1. The fourth-order valence-corrected chi connectivity index (χ4v) is 1.62. The third-order valence-electron chi connectivity index (χ3n) is 2.66. The van der Waals surface area contributed by atoms with Crippen molar-refractivity contribution < 1.29 is 9.90 Å². The van der Waals surface area contributed by atoms with E-state index in [1.54, 1.807) is 30.4 Å². The number of hydrogen-bond acceptors (Lipinski definition) is 2. The molecule has 0 atom stereocenters. The standard InChI is InChI=1S/C15H20O2/c1-2-3-4-5-9-14(16)12-11-13-8-6-7-10-15(13)17/h6-8,10-12,17H,2-5,9H2,1H3/b12-11-. The predicted octanol–water partition coefficient (Wildman–Crippen LogP) is 3.94. The van der Waals surface area contributed by atoms with Gasteiger partial charge in [-0.2, -0.15) is 0 Å². The second kappa shape index (κ2) is 7.66. The topological polar surface area (TPSA) is 37.3 Å². The summed E-state index contributed by atoms with van der Waals surface area (Å²) in [6.45, 7) is 2.15. The zero-order chi connectivity index (χ0) is 12.5. The number of phenols is 1. The molecule has 0 aliphatic carbocycles. The average Bonchev–Trinajstić information content (AvgIpc) is 2.34. The quantitative estimate of drug-likeness (QED) is 0.571. The first-order valence-corrected chi connectivity index (χ1v) is 6.23. The van der Waals surface area contributed by atoms with Crippen LogP contribution in [0.2, 0.25) is 0 Å². The molecule has 0 heterocycles. The summed E-state index contributed by atoms with van der Waals surface area (Å²) in [5.74, 6) is 0.340. The second-order valence-electron chi connectivity index (χ2n) is 4.17. The minimum atomic E-state index is 0.129. The van der Waals surface area contributed by atoms with Crippen LogP contribution in [0.15, 0.2) is 30.3 Å². The van der Waals surface area contributed by atoms with Crippen molar-refractivity contribution in [2.75, 3.05) is 0 Å². The molecule has 17 heavy (non-hydrogen) atoms. The van der Waals surface area contributed by atoms with Crippen molar-refractivity contribution in [3.63, 3.8) is 0 Å². The molecular formula is C15H20O2. The van der Waals surface area contributed by atoms with Gasteiger partial charge >= 0.3 is 0 Å². The number of carbonyl (C=O) groups excluding carboxylic acids is 1. The first kappa shape index (κ1) is 13.5. The summed E-state index contributed by atoms with van der Waals surface area (Å²) < 4.78 is 0. The lowest BCUT2D eigenvalue weighted by Crippen LogP contribution is -1.92. The van der Waals surface area contributed by atoms with Gasteiger partial charge in [-0.1, -0.05) is 44.4 Å². The summed E-state index contributed by atoms with van der Waals surface area (Å²) in [7, 11) is 0. The van der Waals surface area contributed by atoms with E-state index in [2.05, 4.69) is 6.92 Å². The minimum Gasteiger partial charge on any atom is -0.507 e. The maximum Gasteiger partial charge on any atom is 0.155 e. The lowest BCUT2D eigenvalue weighted by atomic mass is 10.1. The van der Waals surface area contributed by atoms with Gasteiger partial charge in [-0.15, -0.1) is 0 Å². The molecule has 0 aliphatic heterocycles. The van der Waals surface area contributed by atoms with Crippen LogP contribution in [0.1, 0.15) is 44.6 Å². The Balaban J connectivity index is 2.38. The Morgan fingerprint density at radius 3 is 2.71 bits per heavy atom. The Morgan fingerprint density at radius 2 is 2.00 bits per heavy atom. The Labute approximate surface area is 103 Å². The van der Waals surface area contributed by atoms with Gasteiger partial charge in [0.25, 0.3) is 0 Å². The number of carbonyl (C=O) groups is 1. The van der Waals surface area contributed by atoms with E-state index in [4.69, 9.17) is 0 Å². The van der Waals surface area contributed by atoms with E-state index in [0.29, 0.717) is 12.0 Å². The largest absolute Gasteiger partial charge is 0.507 e. The van der Waals surface area contributed by atoms with Crippen LogP contribution >= 0.6 is 0 Å². The molecule has 0 aromatic heterocycles. The van der Waals surface area contributed by atoms with Crippen LogP contribution in [0.5, 0.6) is 5.75 Å². The fourth-order valence-electron chi connectivity index (χ4n) is 1.62. The number of hydrogen-bond donors (Lipinski definition) is 1. The van der Waals surface area contributed by atoms with Gasteiger partial charge < -0.3 is 5.11 Å². The zero-order valence-electron chi connectivity index (χ0n) is 10.4. The normalized spacial score (nSPS) is 10.9. The van der Waals surface area contributed by atoms with Gasteiger partial charge in [0.15, 0.2) is 5.78 Å². The van der Waals surface area contributed by atoms with Crippen molar-refractivity contribution in [3.8, 4) is 5.75 Å². The lowest BCUT2D eigenvalue weighted by Gasteiger charge is -1.98. The van der Waals surface area contributed by atoms with E-state index in [1.807, 2.05) is 6.07 Å². The molecule has 0 bridgehead atoms. The third-order valence-corrected chi connectivity index (χ3v) is 2.66. The van der Waals surface area contributed by atoms with Gasteiger partial charge in [0.2, 0.25) is 0 Å². The van der Waals surface area contributed by atoms with E-state index in [0.717, 1.165) is 12.8 Å². The molecule has 0 amide bonds. The maximum absolute atomic E-state index is 11.5.